The molecule has 0 radical (unpaired) electrons. The van der Waals surface area contributed by atoms with Crippen LogP contribution in [-0.2, 0) is 0 Å². The average molecular weight is 250 g/mol. The zero-order valence-electron chi connectivity index (χ0n) is 9.47. The lowest BCUT2D eigenvalue weighted by Crippen LogP contribution is -2.05. The van der Waals surface area contributed by atoms with E-state index >= 15 is 0 Å². The Kier molecular flexibility index (Phi) is 3.87. The minimum Gasteiger partial charge on any atom is -0.446 e. The van der Waals surface area contributed by atoms with Crippen molar-refractivity contribution in [2.75, 3.05) is 22.9 Å². The van der Waals surface area contributed by atoms with E-state index in [1.54, 1.807) is 0 Å². The molecule has 2 rings (SSSR count). The number of thiol groups is 1. The van der Waals surface area contributed by atoms with E-state index in [0.29, 0.717) is 11.7 Å². The summed E-state index contributed by atoms with van der Waals surface area (Å²) >= 11 is 4.12. The number of nitrogens with one attached hydrogen (secondary N) is 2. The van der Waals surface area contributed by atoms with Crippen LogP contribution in [0.3, 0.4) is 0 Å². The molecule has 0 aliphatic carbocycles. The van der Waals surface area contributed by atoms with E-state index in [0.717, 1.165) is 23.9 Å². The molecule has 0 saturated carbocycles. The number of hydrogen-bond donors (Lipinski definition) is 3. The second kappa shape index (κ2) is 5.58. The number of furan rings is 1. The number of aryl methyl sites for hydroxylation is 1. The average Bonchev–Trinajstić information content (AvgIpc) is 2.73. The van der Waals surface area contributed by atoms with Crippen LogP contribution in [0.15, 0.2) is 28.9 Å². The van der Waals surface area contributed by atoms with Crippen molar-refractivity contribution in [1.29, 1.82) is 0 Å². The van der Waals surface area contributed by atoms with Gasteiger partial charge in [0.2, 0.25) is 0 Å². The number of hydrogen-bond acceptors (Lipinski definition) is 6. The fraction of sp³-hybridized carbons (Fsp3) is 0.273. The Labute approximate surface area is 105 Å². The summed E-state index contributed by atoms with van der Waals surface area (Å²) in [5.74, 6) is 3.73. The van der Waals surface area contributed by atoms with Gasteiger partial charge in [-0.25, -0.2) is 9.97 Å². The molecule has 17 heavy (non-hydrogen) atoms. The zero-order chi connectivity index (χ0) is 12.1. The van der Waals surface area contributed by atoms with Gasteiger partial charge in [0.25, 0.3) is 0 Å². The van der Waals surface area contributed by atoms with E-state index in [-0.39, 0.29) is 0 Å². The molecule has 2 N–H and O–H groups in total. The van der Waals surface area contributed by atoms with Crippen molar-refractivity contribution in [3.8, 4) is 0 Å². The molecule has 0 fully saturated rings. The van der Waals surface area contributed by atoms with Gasteiger partial charge < -0.3 is 15.1 Å². The van der Waals surface area contributed by atoms with Crippen LogP contribution in [0.25, 0.3) is 0 Å². The molecule has 0 aliphatic rings. The summed E-state index contributed by atoms with van der Waals surface area (Å²) in [6.07, 6.45) is 1.50. The molecule has 0 unspecified atom stereocenters. The fourth-order valence-corrected chi connectivity index (χ4v) is 1.45. The first-order valence-electron chi connectivity index (χ1n) is 5.28. The standard InChI is InChI=1S/C11H14N4OS/c1-8-2-3-11(16-8)15-10-6-9(12-4-5-17)13-7-14-10/h2-3,6-7,17H,4-5H2,1H3,(H2,12,13,14,15). The molecule has 0 amide bonds. The Balaban J connectivity index is 2.05. The van der Waals surface area contributed by atoms with E-state index in [2.05, 4.69) is 33.2 Å². The van der Waals surface area contributed by atoms with Crippen LogP contribution in [-0.4, -0.2) is 22.3 Å². The second-order valence-corrected chi connectivity index (χ2v) is 3.92. The molecule has 0 aromatic carbocycles. The van der Waals surface area contributed by atoms with Crippen LogP contribution in [0.4, 0.5) is 17.5 Å². The van der Waals surface area contributed by atoms with Gasteiger partial charge in [-0.3, -0.25) is 0 Å². The van der Waals surface area contributed by atoms with Gasteiger partial charge in [0, 0.05) is 24.4 Å². The molecule has 2 aromatic rings. The van der Waals surface area contributed by atoms with Crippen LogP contribution in [0.1, 0.15) is 5.76 Å². The predicted octanol–water partition coefficient (Wildman–Crippen LogP) is 2.46. The lowest BCUT2D eigenvalue weighted by molar-refractivity contribution is 0.551. The van der Waals surface area contributed by atoms with E-state index in [4.69, 9.17) is 4.42 Å². The first-order valence-corrected chi connectivity index (χ1v) is 5.91. The summed E-state index contributed by atoms with van der Waals surface area (Å²) in [5.41, 5.74) is 0. The van der Waals surface area contributed by atoms with Gasteiger partial charge in [0.05, 0.1) is 0 Å². The minimum absolute atomic E-state index is 0.668. The van der Waals surface area contributed by atoms with Crippen LogP contribution in [0.2, 0.25) is 0 Å². The third-order valence-corrected chi connectivity index (χ3v) is 2.30. The van der Waals surface area contributed by atoms with E-state index in [1.807, 2.05) is 25.1 Å². The largest absolute Gasteiger partial charge is 0.446 e. The quantitative estimate of drug-likeness (QED) is 0.711. The lowest BCUT2D eigenvalue weighted by atomic mass is 10.5. The molecule has 6 heteroatoms. The molecule has 5 nitrogen and oxygen atoms in total. The van der Waals surface area contributed by atoms with Gasteiger partial charge >= 0.3 is 0 Å². The van der Waals surface area contributed by atoms with Crippen molar-refractivity contribution in [3.63, 3.8) is 0 Å². The third kappa shape index (κ3) is 3.39. The van der Waals surface area contributed by atoms with Gasteiger partial charge in [-0.15, -0.1) is 0 Å². The van der Waals surface area contributed by atoms with Gasteiger partial charge in [-0.2, -0.15) is 12.6 Å². The Hall–Kier alpha value is -1.69. The minimum atomic E-state index is 0.668. The molecule has 2 aromatic heterocycles. The fourth-order valence-electron chi connectivity index (χ4n) is 1.33. The van der Waals surface area contributed by atoms with Gasteiger partial charge in [-0.1, -0.05) is 0 Å². The molecule has 0 bridgehead atoms. The van der Waals surface area contributed by atoms with Crippen LogP contribution in [0, 0.1) is 6.92 Å². The number of aromatic nitrogens is 2. The smallest absolute Gasteiger partial charge is 0.198 e. The summed E-state index contributed by atoms with van der Waals surface area (Å²) in [6, 6.07) is 5.57. The molecular formula is C11H14N4OS. The normalized spacial score (nSPS) is 10.2. The van der Waals surface area contributed by atoms with Gasteiger partial charge in [0.15, 0.2) is 5.88 Å². The molecule has 0 aliphatic heterocycles. The highest BCUT2D eigenvalue weighted by Crippen LogP contribution is 2.18. The van der Waals surface area contributed by atoms with E-state index in [9.17, 15) is 0 Å². The van der Waals surface area contributed by atoms with Crippen LogP contribution < -0.4 is 10.6 Å². The Morgan fingerprint density at radius 3 is 2.82 bits per heavy atom. The van der Waals surface area contributed by atoms with E-state index in [1.165, 1.54) is 6.33 Å². The van der Waals surface area contributed by atoms with Crippen LogP contribution in [0.5, 0.6) is 0 Å². The monoisotopic (exact) mass is 250 g/mol. The molecule has 2 heterocycles. The zero-order valence-corrected chi connectivity index (χ0v) is 10.4. The number of anilines is 3. The molecule has 0 spiro atoms. The molecule has 0 atom stereocenters. The second-order valence-electron chi connectivity index (χ2n) is 3.47. The van der Waals surface area contributed by atoms with Crippen molar-refractivity contribution >= 4 is 30.1 Å². The number of nitrogens with zero attached hydrogens (tertiary/aromatic N) is 2. The first-order chi connectivity index (χ1) is 8.28. The maximum absolute atomic E-state index is 5.40. The highest BCUT2D eigenvalue weighted by Gasteiger charge is 2.01. The van der Waals surface area contributed by atoms with Gasteiger partial charge in [-0.05, 0) is 13.0 Å². The predicted molar refractivity (Wildman–Crippen MR) is 71.1 cm³/mol. The molecule has 0 saturated heterocycles. The third-order valence-electron chi connectivity index (χ3n) is 2.08. The van der Waals surface area contributed by atoms with Crippen molar-refractivity contribution < 1.29 is 4.42 Å². The Morgan fingerprint density at radius 2 is 2.12 bits per heavy atom. The van der Waals surface area contributed by atoms with Crippen LogP contribution >= 0.6 is 12.6 Å². The topological polar surface area (TPSA) is 63.0 Å². The van der Waals surface area contributed by atoms with Gasteiger partial charge in [0.1, 0.15) is 23.7 Å². The Bertz CT molecular complexity index is 486. The first kappa shape index (κ1) is 11.8. The van der Waals surface area contributed by atoms with Crippen molar-refractivity contribution in [2.24, 2.45) is 0 Å². The summed E-state index contributed by atoms with van der Waals surface area (Å²) < 4.78 is 5.40. The number of rotatable bonds is 5. The summed E-state index contributed by atoms with van der Waals surface area (Å²) in [5, 5.41) is 6.19. The molecule has 90 valence electrons. The summed E-state index contributed by atoms with van der Waals surface area (Å²) in [4.78, 5) is 8.21. The summed E-state index contributed by atoms with van der Waals surface area (Å²) in [6.45, 7) is 2.66. The maximum Gasteiger partial charge on any atom is 0.198 e. The summed E-state index contributed by atoms with van der Waals surface area (Å²) in [7, 11) is 0. The highest BCUT2D eigenvalue weighted by atomic mass is 32.1. The van der Waals surface area contributed by atoms with Crippen molar-refractivity contribution in [1.82, 2.24) is 9.97 Å². The van der Waals surface area contributed by atoms with Crippen molar-refractivity contribution in [3.05, 3.63) is 30.3 Å². The lowest BCUT2D eigenvalue weighted by Gasteiger charge is -2.05. The highest BCUT2D eigenvalue weighted by molar-refractivity contribution is 7.80. The SMILES string of the molecule is Cc1ccc(Nc2cc(NCCS)ncn2)o1. The van der Waals surface area contributed by atoms with E-state index < -0.39 is 0 Å². The van der Waals surface area contributed by atoms with Crippen molar-refractivity contribution in [2.45, 2.75) is 6.92 Å². The Morgan fingerprint density at radius 1 is 1.29 bits per heavy atom. The maximum atomic E-state index is 5.40. The molecular weight excluding hydrogens is 236 g/mol.